The number of halogens is 2. The Morgan fingerprint density at radius 2 is 2.00 bits per heavy atom. The first-order chi connectivity index (χ1) is 12.1. The van der Waals surface area contributed by atoms with Crippen molar-refractivity contribution in [3.63, 3.8) is 0 Å². The fraction of sp³-hybridized carbons (Fsp3) is 0.294. The highest BCUT2D eigenvalue weighted by molar-refractivity contribution is 6.31. The smallest absolute Gasteiger partial charge is 0.270 e. The molecular formula is C17H15ClFN5O. The third-order valence-corrected chi connectivity index (χ3v) is 4.68. The van der Waals surface area contributed by atoms with Crippen molar-refractivity contribution in [2.24, 2.45) is 0 Å². The summed E-state index contributed by atoms with van der Waals surface area (Å²) in [7, 11) is 0. The molecule has 2 heterocycles. The molecule has 25 heavy (non-hydrogen) atoms. The molecular weight excluding hydrogens is 345 g/mol. The summed E-state index contributed by atoms with van der Waals surface area (Å²) in [6.45, 7) is 0. The zero-order valence-corrected chi connectivity index (χ0v) is 14.0. The van der Waals surface area contributed by atoms with Gasteiger partial charge in [0.1, 0.15) is 11.3 Å². The number of fused-ring (bicyclic) bond motifs is 1. The minimum atomic E-state index is -0.495. The van der Waals surface area contributed by atoms with Gasteiger partial charge in [0.25, 0.3) is 5.56 Å². The molecule has 0 radical (unpaired) electrons. The van der Waals surface area contributed by atoms with Gasteiger partial charge >= 0.3 is 0 Å². The van der Waals surface area contributed by atoms with Gasteiger partial charge in [-0.05, 0) is 31.0 Å². The molecule has 2 aromatic heterocycles. The van der Waals surface area contributed by atoms with Crippen LogP contribution in [0.25, 0.3) is 11.2 Å². The van der Waals surface area contributed by atoms with Crippen LogP contribution in [0.1, 0.15) is 31.7 Å². The number of rotatable bonds is 3. The molecule has 1 aliphatic rings. The Morgan fingerprint density at radius 1 is 1.20 bits per heavy atom. The number of nitrogens with zero attached hydrogens (tertiary/aromatic N) is 4. The second kappa shape index (κ2) is 6.40. The standard InChI is InChI=1S/C17H15ClFN5O/c18-12-7-10(5-6-13(12)19)22-17-21-8-14-16(23-17)24(15(25)9-20-14)11-3-1-2-4-11/h5-9,11H,1-4H2,(H,21,22,23). The average Bonchev–Trinajstić information content (AvgIpc) is 3.12. The van der Waals surface area contributed by atoms with Crippen LogP contribution in [0.3, 0.4) is 0 Å². The Bertz CT molecular complexity index is 1000. The highest BCUT2D eigenvalue weighted by Crippen LogP contribution is 2.30. The van der Waals surface area contributed by atoms with Gasteiger partial charge in [-0.1, -0.05) is 24.4 Å². The Balaban J connectivity index is 1.77. The van der Waals surface area contributed by atoms with Gasteiger partial charge in [-0.25, -0.2) is 14.4 Å². The Kier molecular flexibility index (Phi) is 4.09. The average molecular weight is 360 g/mol. The Hall–Kier alpha value is -2.54. The molecule has 0 atom stereocenters. The molecule has 1 fully saturated rings. The van der Waals surface area contributed by atoms with E-state index in [4.69, 9.17) is 11.6 Å². The molecule has 128 valence electrons. The summed E-state index contributed by atoms with van der Waals surface area (Å²) in [6.07, 6.45) is 7.01. The fourth-order valence-electron chi connectivity index (χ4n) is 3.20. The van der Waals surface area contributed by atoms with Gasteiger partial charge in [-0.2, -0.15) is 4.98 Å². The van der Waals surface area contributed by atoms with Crippen LogP contribution in [0.2, 0.25) is 5.02 Å². The molecule has 0 spiro atoms. The molecule has 1 saturated carbocycles. The van der Waals surface area contributed by atoms with E-state index in [1.807, 2.05) is 0 Å². The normalized spacial score (nSPS) is 15.0. The van der Waals surface area contributed by atoms with Gasteiger partial charge in [0, 0.05) is 11.7 Å². The number of nitrogens with one attached hydrogen (secondary N) is 1. The van der Waals surface area contributed by atoms with Gasteiger partial charge in [0.15, 0.2) is 5.65 Å². The zero-order chi connectivity index (χ0) is 17.4. The van der Waals surface area contributed by atoms with Crippen molar-refractivity contribution in [3.05, 3.63) is 51.8 Å². The van der Waals surface area contributed by atoms with Crippen LogP contribution in [0.4, 0.5) is 16.0 Å². The number of hydrogen-bond donors (Lipinski definition) is 1. The lowest BCUT2D eigenvalue weighted by molar-refractivity contribution is 0.514. The maximum Gasteiger partial charge on any atom is 0.270 e. The molecule has 3 aromatic rings. The van der Waals surface area contributed by atoms with Crippen LogP contribution in [0.15, 0.2) is 35.4 Å². The first-order valence-corrected chi connectivity index (χ1v) is 8.46. The lowest BCUT2D eigenvalue weighted by Crippen LogP contribution is -2.24. The number of anilines is 2. The van der Waals surface area contributed by atoms with Crippen molar-refractivity contribution in [1.82, 2.24) is 19.5 Å². The van der Waals surface area contributed by atoms with Crippen LogP contribution >= 0.6 is 11.6 Å². The quantitative estimate of drug-likeness (QED) is 0.769. The Labute approximate surface area is 147 Å². The molecule has 8 heteroatoms. The third-order valence-electron chi connectivity index (χ3n) is 4.40. The maximum atomic E-state index is 13.3. The molecule has 1 aromatic carbocycles. The molecule has 0 bridgehead atoms. The van der Waals surface area contributed by atoms with Gasteiger partial charge in [0.05, 0.1) is 17.4 Å². The van der Waals surface area contributed by atoms with Gasteiger partial charge in [-0.3, -0.25) is 9.36 Å². The number of benzene rings is 1. The summed E-state index contributed by atoms with van der Waals surface area (Å²) in [4.78, 5) is 25.1. The maximum absolute atomic E-state index is 13.3. The summed E-state index contributed by atoms with van der Waals surface area (Å²) in [5, 5.41) is 2.99. The lowest BCUT2D eigenvalue weighted by atomic mass is 10.2. The van der Waals surface area contributed by atoms with Crippen molar-refractivity contribution < 1.29 is 4.39 Å². The van der Waals surface area contributed by atoms with Crippen LogP contribution in [-0.2, 0) is 0 Å². The van der Waals surface area contributed by atoms with E-state index in [1.54, 1.807) is 16.8 Å². The second-order valence-electron chi connectivity index (χ2n) is 6.06. The van der Waals surface area contributed by atoms with Crippen molar-refractivity contribution in [2.45, 2.75) is 31.7 Å². The molecule has 6 nitrogen and oxygen atoms in total. The summed E-state index contributed by atoms with van der Waals surface area (Å²) in [6, 6.07) is 4.41. The molecule has 1 aliphatic carbocycles. The number of aromatic nitrogens is 4. The van der Waals surface area contributed by atoms with E-state index in [9.17, 15) is 9.18 Å². The molecule has 0 aliphatic heterocycles. The predicted molar refractivity (Wildman–Crippen MR) is 93.8 cm³/mol. The van der Waals surface area contributed by atoms with Crippen LogP contribution < -0.4 is 10.9 Å². The summed E-state index contributed by atoms with van der Waals surface area (Å²) in [5.41, 5.74) is 1.47. The summed E-state index contributed by atoms with van der Waals surface area (Å²) >= 11 is 5.80. The van der Waals surface area contributed by atoms with E-state index in [2.05, 4.69) is 20.3 Å². The van der Waals surface area contributed by atoms with E-state index in [-0.39, 0.29) is 16.6 Å². The third kappa shape index (κ3) is 3.07. The van der Waals surface area contributed by atoms with Crippen molar-refractivity contribution in [3.8, 4) is 0 Å². The van der Waals surface area contributed by atoms with E-state index < -0.39 is 5.82 Å². The van der Waals surface area contributed by atoms with Crippen LogP contribution in [-0.4, -0.2) is 19.5 Å². The monoisotopic (exact) mass is 359 g/mol. The highest BCUT2D eigenvalue weighted by Gasteiger charge is 2.21. The van der Waals surface area contributed by atoms with Gasteiger partial charge < -0.3 is 5.32 Å². The summed E-state index contributed by atoms with van der Waals surface area (Å²) in [5.74, 6) is -0.194. The lowest BCUT2D eigenvalue weighted by Gasteiger charge is -2.15. The summed E-state index contributed by atoms with van der Waals surface area (Å²) < 4.78 is 15.0. The molecule has 4 rings (SSSR count). The minimum absolute atomic E-state index is 0.00956. The fourth-order valence-corrected chi connectivity index (χ4v) is 3.39. The van der Waals surface area contributed by atoms with Gasteiger partial charge in [-0.15, -0.1) is 0 Å². The van der Waals surface area contributed by atoms with Crippen molar-refractivity contribution >= 4 is 34.4 Å². The van der Waals surface area contributed by atoms with E-state index in [0.29, 0.717) is 22.8 Å². The van der Waals surface area contributed by atoms with Crippen molar-refractivity contribution in [1.29, 1.82) is 0 Å². The minimum Gasteiger partial charge on any atom is -0.324 e. The van der Waals surface area contributed by atoms with Crippen LogP contribution in [0.5, 0.6) is 0 Å². The van der Waals surface area contributed by atoms with Gasteiger partial charge in [0.2, 0.25) is 5.95 Å². The number of hydrogen-bond acceptors (Lipinski definition) is 5. The topological polar surface area (TPSA) is 72.7 Å². The largest absolute Gasteiger partial charge is 0.324 e. The van der Waals surface area contributed by atoms with E-state index >= 15 is 0 Å². The van der Waals surface area contributed by atoms with Crippen molar-refractivity contribution in [2.75, 3.05) is 5.32 Å². The predicted octanol–water partition coefficient (Wildman–Crippen LogP) is 3.84. The molecule has 0 unspecified atom stereocenters. The SMILES string of the molecule is O=c1cnc2cnc(Nc3ccc(F)c(Cl)c3)nc2n1C1CCCC1. The first kappa shape index (κ1) is 16.0. The second-order valence-corrected chi connectivity index (χ2v) is 6.47. The molecule has 0 amide bonds. The highest BCUT2D eigenvalue weighted by atomic mass is 35.5. The van der Waals surface area contributed by atoms with E-state index in [1.165, 1.54) is 18.3 Å². The molecule has 0 saturated heterocycles. The Morgan fingerprint density at radius 3 is 2.76 bits per heavy atom. The van der Waals surface area contributed by atoms with E-state index in [0.717, 1.165) is 25.7 Å². The first-order valence-electron chi connectivity index (χ1n) is 8.08. The van der Waals surface area contributed by atoms with Crippen LogP contribution in [0, 0.1) is 5.82 Å². The zero-order valence-electron chi connectivity index (χ0n) is 13.2. The molecule has 1 N–H and O–H groups in total.